The maximum atomic E-state index is 13.4. The van der Waals surface area contributed by atoms with Gasteiger partial charge in [0.15, 0.2) is 0 Å². The summed E-state index contributed by atoms with van der Waals surface area (Å²) in [7, 11) is 0. The highest BCUT2D eigenvalue weighted by Crippen LogP contribution is 2.36. The zero-order valence-corrected chi connectivity index (χ0v) is 20.3. The molecule has 0 aliphatic carbocycles. The average molecular weight is 515 g/mol. The second kappa shape index (κ2) is 11.2. The van der Waals surface area contributed by atoms with Crippen molar-refractivity contribution in [3.63, 3.8) is 0 Å². The summed E-state index contributed by atoms with van der Waals surface area (Å²) in [6.07, 6.45) is 4.30. The smallest absolute Gasteiger partial charge is 0.342 e. The largest absolute Gasteiger partial charge is 0.417 e. The van der Waals surface area contributed by atoms with Gasteiger partial charge in [0, 0.05) is 31.2 Å². The predicted octanol–water partition coefficient (Wildman–Crippen LogP) is 6.33. The van der Waals surface area contributed by atoms with E-state index in [1.54, 1.807) is 12.4 Å². The first kappa shape index (κ1) is 25.9. The fraction of sp³-hybridized carbons (Fsp3) is 0.296. The van der Waals surface area contributed by atoms with Gasteiger partial charge in [0.05, 0.1) is 16.6 Å². The van der Waals surface area contributed by atoms with Gasteiger partial charge in [-0.15, -0.1) is 6.58 Å². The zero-order valence-electron chi connectivity index (χ0n) is 19.5. The molecule has 0 bridgehead atoms. The summed E-state index contributed by atoms with van der Waals surface area (Å²) in [4.78, 5) is 23.6. The zero-order chi connectivity index (χ0) is 25.7. The molecule has 3 aromatic rings. The van der Waals surface area contributed by atoms with Crippen molar-refractivity contribution in [2.75, 3.05) is 13.1 Å². The standard InChI is InChI=1S/C27H26ClF3N4O/c1-2-14-35-15-4-3-10-22(35)24(19-8-5-7-18(16-19)20-9-6-12-32-17-20)34-26(36)25-23(28)21(11-13-33-25)27(29,30)31/h2,5-9,11-13,16-17,22,24H,1,3-4,10,14-15H2,(H,34,36)/t22-,24?/m0/s1. The summed E-state index contributed by atoms with van der Waals surface area (Å²) >= 11 is 6.01. The van der Waals surface area contributed by atoms with Crippen molar-refractivity contribution in [2.45, 2.75) is 37.5 Å². The molecule has 1 fully saturated rings. The topological polar surface area (TPSA) is 58.1 Å². The van der Waals surface area contributed by atoms with Gasteiger partial charge < -0.3 is 5.32 Å². The highest BCUT2D eigenvalue weighted by Gasteiger charge is 2.37. The van der Waals surface area contributed by atoms with Crippen molar-refractivity contribution in [3.05, 3.63) is 95.6 Å². The van der Waals surface area contributed by atoms with Crippen LogP contribution >= 0.6 is 11.6 Å². The van der Waals surface area contributed by atoms with Crippen LogP contribution in [0, 0.1) is 0 Å². The van der Waals surface area contributed by atoms with Crippen molar-refractivity contribution in [1.29, 1.82) is 0 Å². The van der Waals surface area contributed by atoms with Crippen LogP contribution in [-0.4, -0.2) is 39.9 Å². The maximum Gasteiger partial charge on any atom is 0.417 e. The van der Waals surface area contributed by atoms with Crippen molar-refractivity contribution in [3.8, 4) is 11.1 Å². The van der Waals surface area contributed by atoms with Crippen LogP contribution in [0.3, 0.4) is 0 Å². The molecule has 1 aromatic carbocycles. The third kappa shape index (κ3) is 5.77. The minimum Gasteiger partial charge on any atom is -0.342 e. The number of halogens is 4. The van der Waals surface area contributed by atoms with Gasteiger partial charge in [0.2, 0.25) is 0 Å². The van der Waals surface area contributed by atoms with E-state index in [1.165, 1.54) is 0 Å². The van der Waals surface area contributed by atoms with Crippen LogP contribution in [0.4, 0.5) is 13.2 Å². The Morgan fingerprint density at radius 2 is 2.00 bits per heavy atom. The average Bonchev–Trinajstić information content (AvgIpc) is 2.88. The number of hydrogen-bond acceptors (Lipinski definition) is 4. The molecular formula is C27H26ClF3N4O. The quantitative estimate of drug-likeness (QED) is 0.374. The number of rotatable bonds is 7. The van der Waals surface area contributed by atoms with E-state index < -0.39 is 34.4 Å². The molecule has 5 nitrogen and oxygen atoms in total. The van der Waals surface area contributed by atoms with Gasteiger partial charge >= 0.3 is 6.18 Å². The molecule has 2 atom stereocenters. The van der Waals surface area contributed by atoms with Crippen molar-refractivity contribution in [2.24, 2.45) is 0 Å². The lowest BCUT2D eigenvalue weighted by atomic mass is 9.89. The Hall–Kier alpha value is -3.23. The van der Waals surface area contributed by atoms with Crippen LogP contribution in [0.2, 0.25) is 5.02 Å². The molecule has 1 N–H and O–H groups in total. The van der Waals surface area contributed by atoms with E-state index in [-0.39, 0.29) is 6.04 Å². The minimum atomic E-state index is -4.70. The SMILES string of the molecule is C=CCN1CCCC[C@H]1C(NC(=O)c1nccc(C(F)(F)F)c1Cl)c1cccc(-c2cccnc2)c1. The van der Waals surface area contributed by atoms with E-state index in [1.807, 2.05) is 42.5 Å². The highest BCUT2D eigenvalue weighted by molar-refractivity contribution is 6.34. The fourth-order valence-corrected chi connectivity index (χ4v) is 4.97. The maximum absolute atomic E-state index is 13.4. The molecule has 0 spiro atoms. The molecule has 3 heterocycles. The second-order valence-electron chi connectivity index (χ2n) is 8.68. The lowest BCUT2D eigenvalue weighted by Crippen LogP contribution is -2.49. The molecule has 188 valence electrons. The molecule has 0 radical (unpaired) electrons. The summed E-state index contributed by atoms with van der Waals surface area (Å²) in [5, 5.41) is 2.25. The molecule has 1 unspecified atom stereocenters. The molecule has 1 aliphatic heterocycles. The molecule has 2 aromatic heterocycles. The van der Waals surface area contributed by atoms with Crippen LogP contribution in [0.1, 0.15) is 46.9 Å². The summed E-state index contributed by atoms with van der Waals surface area (Å²) in [5.41, 5.74) is 1.12. The van der Waals surface area contributed by atoms with Gasteiger partial charge in [0.1, 0.15) is 5.69 Å². The van der Waals surface area contributed by atoms with Crippen LogP contribution < -0.4 is 5.32 Å². The van der Waals surface area contributed by atoms with Gasteiger partial charge in [-0.2, -0.15) is 13.2 Å². The first-order chi connectivity index (χ1) is 17.3. The molecule has 36 heavy (non-hydrogen) atoms. The first-order valence-electron chi connectivity index (χ1n) is 11.7. The summed E-state index contributed by atoms with van der Waals surface area (Å²) < 4.78 is 40.2. The van der Waals surface area contributed by atoms with Crippen LogP contribution in [-0.2, 0) is 6.18 Å². The number of likely N-dealkylation sites (tertiary alicyclic amines) is 1. The van der Waals surface area contributed by atoms with Gasteiger partial charge in [-0.05, 0) is 54.3 Å². The predicted molar refractivity (Wildman–Crippen MR) is 134 cm³/mol. The van der Waals surface area contributed by atoms with Crippen LogP contribution in [0.25, 0.3) is 11.1 Å². The third-order valence-corrected chi connectivity index (χ3v) is 6.73. The molecule has 1 aliphatic rings. The molecule has 9 heteroatoms. The summed E-state index contributed by atoms with van der Waals surface area (Å²) in [6, 6.07) is 11.7. The number of hydrogen-bond donors (Lipinski definition) is 1. The van der Waals surface area contributed by atoms with E-state index >= 15 is 0 Å². The summed E-state index contributed by atoms with van der Waals surface area (Å²) in [5.74, 6) is -0.757. The molecular weight excluding hydrogens is 489 g/mol. The molecule has 0 saturated carbocycles. The Labute approximate surface area is 213 Å². The Morgan fingerprint density at radius 1 is 1.19 bits per heavy atom. The number of benzene rings is 1. The van der Waals surface area contributed by atoms with Crippen molar-refractivity contribution >= 4 is 17.5 Å². The van der Waals surface area contributed by atoms with Gasteiger partial charge in [-0.3, -0.25) is 14.7 Å². The molecule has 1 amide bonds. The monoisotopic (exact) mass is 514 g/mol. The van der Waals surface area contributed by atoms with E-state index in [0.717, 1.165) is 54.8 Å². The van der Waals surface area contributed by atoms with Crippen LogP contribution in [0.15, 0.2) is 73.7 Å². The number of pyridine rings is 2. The Morgan fingerprint density at radius 3 is 2.72 bits per heavy atom. The Kier molecular flexibility index (Phi) is 8.06. The number of amides is 1. The van der Waals surface area contributed by atoms with Gasteiger partial charge in [-0.25, -0.2) is 4.98 Å². The highest BCUT2D eigenvalue weighted by atomic mass is 35.5. The first-order valence-corrected chi connectivity index (χ1v) is 12.0. The number of nitrogens with one attached hydrogen (secondary N) is 1. The van der Waals surface area contributed by atoms with Crippen molar-refractivity contribution < 1.29 is 18.0 Å². The van der Waals surface area contributed by atoms with E-state index in [2.05, 4.69) is 26.8 Å². The second-order valence-corrected chi connectivity index (χ2v) is 9.06. The van der Waals surface area contributed by atoms with E-state index in [4.69, 9.17) is 11.6 Å². The normalized spacial score (nSPS) is 17.4. The van der Waals surface area contributed by atoms with E-state index in [0.29, 0.717) is 6.54 Å². The summed E-state index contributed by atoms with van der Waals surface area (Å²) in [6.45, 7) is 5.31. The number of piperidine rings is 1. The lowest BCUT2D eigenvalue weighted by Gasteiger charge is -2.40. The number of aromatic nitrogens is 2. The Balaban J connectivity index is 1.73. The lowest BCUT2D eigenvalue weighted by molar-refractivity contribution is -0.137. The van der Waals surface area contributed by atoms with Gasteiger partial charge in [0.25, 0.3) is 5.91 Å². The van der Waals surface area contributed by atoms with E-state index in [9.17, 15) is 18.0 Å². The third-order valence-electron chi connectivity index (χ3n) is 6.35. The molecule has 1 saturated heterocycles. The van der Waals surface area contributed by atoms with Crippen LogP contribution in [0.5, 0.6) is 0 Å². The molecule has 4 rings (SSSR count). The number of carbonyl (C=O) groups is 1. The number of nitrogens with zero attached hydrogens (tertiary/aromatic N) is 3. The number of carbonyl (C=O) groups excluding carboxylic acids is 1. The van der Waals surface area contributed by atoms with Gasteiger partial charge in [-0.1, -0.05) is 48.4 Å². The number of alkyl halides is 3. The van der Waals surface area contributed by atoms with Crippen molar-refractivity contribution in [1.82, 2.24) is 20.2 Å². The minimum absolute atomic E-state index is 0.0885. The Bertz CT molecular complexity index is 1220. The fourth-order valence-electron chi connectivity index (χ4n) is 4.66.